The summed E-state index contributed by atoms with van der Waals surface area (Å²) in [7, 11) is 1.35. The van der Waals surface area contributed by atoms with Crippen LogP contribution < -0.4 is 0 Å². The molecule has 0 aliphatic carbocycles. The average molecular weight is 281 g/mol. The third-order valence-corrected chi connectivity index (χ3v) is 4.17. The smallest absolute Gasteiger partial charge is 0.374 e. The first kappa shape index (κ1) is 15.1. The van der Waals surface area contributed by atoms with Gasteiger partial charge in [-0.2, -0.15) is 0 Å². The Balaban J connectivity index is 2.06. The molecule has 2 heterocycles. The molecule has 5 nitrogen and oxygen atoms in total. The third kappa shape index (κ3) is 3.04. The average Bonchev–Trinajstić information content (AvgIpc) is 2.87. The van der Waals surface area contributed by atoms with E-state index in [9.17, 15) is 9.90 Å². The van der Waals surface area contributed by atoms with E-state index in [1.165, 1.54) is 7.11 Å². The number of esters is 1. The molecule has 1 unspecified atom stereocenters. The van der Waals surface area contributed by atoms with Crippen molar-refractivity contribution < 1.29 is 19.1 Å². The summed E-state index contributed by atoms with van der Waals surface area (Å²) < 4.78 is 10.4. The molecule has 1 aromatic rings. The molecule has 0 aromatic carbocycles. The monoisotopic (exact) mass is 281 g/mol. The van der Waals surface area contributed by atoms with Gasteiger partial charge < -0.3 is 14.3 Å². The van der Waals surface area contributed by atoms with Crippen molar-refractivity contribution in [1.82, 2.24) is 4.90 Å². The van der Waals surface area contributed by atoms with Crippen LogP contribution >= 0.6 is 0 Å². The molecule has 1 fully saturated rings. The molecular weight excluding hydrogens is 258 g/mol. The highest BCUT2D eigenvalue weighted by Crippen LogP contribution is 2.29. The number of carbonyl (C=O) groups is 1. The van der Waals surface area contributed by atoms with E-state index in [0.29, 0.717) is 11.7 Å². The number of aliphatic hydroxyl groups is 1. The number of likely N-dealkylation sites (tertiary alicyclic amines) is 1. The van der Waals surface area contributed by atoms with Gasteiger partial charge in [-0.15, -0.1) is 0 Å². The molecule has 1 saturated heterocycles. The van der Waals surface area contributed by atoms with Gasteiger partial charge in [-0.1, -0.05) is 0 Å². The van der Waals surface area contributed by atoms with Gasteiger partial charge in [0, 0.05) is 12.2 Å². The Bertz CT molecular complexity index is 460. The maximum atomic E-state index is 11.6. The summed E-state index contributed by atoms with van der Waals surface area (Å²) >= 11 is 0. The molecule has 0 saturated carbocycles. The van der Waals surface area contributed by atoms with Gasteiger partial charge in [0.15, 0.2) is 0 Å². The van der Waals surface area contributed by atoms with E-state index in [0.717, 1.165) is 37.3 Å². The van der Waals surface area contributed by atoms with Crippen molar-refractivity contribution in [2.75, 3.05) is 26.8 Å². The predicted octanol–water partition coefficient (Wildman–Crippen LogP) is 2.14. The van der Waals surface area contributed by atoms with Crippen LogP contribution in [0.1, 0.15) is 47.7 Å². The lowest BCUT2D eigenvalue weighted by Gasteiger charge is -2.34. The zero-order valence-corrected chi connectivity index (χ0v) is 12.4. The molecule has 1 aliphatic heterocycles. The largest absolute Gasteiger partial charge is 0.463 e. The fraction of sp³-hybridized carbons (Fsp3) is 0.667. The number of furan rings is 1. The lowest BCUT2D eigenvalue weighted by atomic mass is 9.96. The first-order valence-corrected chi connectivity index (χ1v) is 7.10. The van der Waals surface area contributed by atoms with Crippen molar-refractivity contribution in [1.29, 1.82) is 0 Å². The van der Waals surface area contributed by atoms with Crippen LogP contribution in [0.2, 0.25) is 0 Å². The number of carbonyl (C=O) groups excluding carboxylic acids is 1. The summed E-state index contributed by atoms with van der Waals surface area (Å²) in [6.07, 6.45) is 2.01. The molecule has 112 valence electrons. The Morgan fingerprint density at radius 2 is 2.20 bits per heavy atom. The van der Waals surface area contributed by atoms with Crippen molar-refractivity contribution in [2.45, 2.75) is 32.7 Å². The van der Waals surface area contributed by atoms with Gasteiger partial charge >= 0.3 is 5.97 Å². The van der Waals surface area contributed by atoms with Gasteiger partial charge in [-0.05, 0) is 51.8 Å². The van der Waals surface area contributed by atoms with Crippen molar-refractivity contribution in [3.63, 3.8) is 0 Å². The Morgan fingerprint density at radius 3 is 2.75 bits per heavy atom. The van der Waals surface area contributed by atoms with Crippen molar-refractivity contribution in [2.24, 2.45) is 5.92 Å². The zero-order chi connectivity index (χ0) is 14.7. The molecule has 1 N–H and O–H groups in total. The quantitative estimate of drug-likeness (QED) is 0.857. The van der Waals surface area contributed by atoms with E-state index >= 15 is 0 Å². The number of aryl methyl sites for hydroxylation is 1. The number of ether oxygens (including phenoxy) is 1. The van der Waals surface area contributed by atoms with Gasteiger partial charge in [-0.3, -0.25) is 4.90 Å². The molecule has 1 aromatic heterocycles. The van der Waals surface area contributed by atoms with Crippen LogP contribution in [-0.2, 0) is 4.74 Å². The van der Waals surface area contributed by atoms with Gasteiger partial charge in [0.2, 0.25) is 5.76 Å². The van der Waals surface area contributed by atoms with Crippen LogP contribution in [0.15, 0.2) is 10.5 Å². The van der Waals surface area contributed by atoms with Gasteiger partial charge in [0.1, 0.15) is 5.76 Å². The number of hydrogen-bond donors (Lipinski definition) is 1. The van der Waals surface area contributed by atoms with Crippen LogP contribution in [0.3, 0.4) is 0 Å². The summed E-state index contributed by atoms with van der Waals surface area (Å²) in [4.78, 5) is 13.9. The second-order valence-electron chi connectivity index (χ2n) is 5.49. The van der Waals surface area contributed by atoms with Crippen molar-refractivity contribution in [3.05, 3.63) is 23.2 Å². The van der Waals surface area contributed by atoms with E-state index in [-0.39, 0.29) is 12.6 Å². The van der Waals surface area contributed by atoms with E-state index in [4.69, 9.17) is 9.15 Å². The molecule has 0 amide bonds. The molecule has 1 aliphatic rings. The maximum absolute atomic E-state index is 11.6. The Labute approximate surface area is 119 Å². The van der Waals surface area contributed by atoms with Crippen LogP contribution in [0.4, 0.5) is 0 Å². The number of hydrogen-bond acceptors (Lipinski definition) is 5. The van der Waals surface area contributed by atoms with Crippen LogP contribution in [0.25, 0.3) is 0 Å². The van der Waals surface area contributed by atoms with E-state index in [1.54, 1.807) is 0 Å². The predicted molar refractivity (Wildman–Crippen MR) is 74.6 cm³/mol. The number of methoxy groups -OCH3 is 1. The third-order valence-electron chi connectivity index (χ3n) is 4.17. The second kappa shape index (κ2) is 6.41. The van der Waals surface area contributed by atoms with Crippen LogP contribution in [0.5, 0.6) is 0 Å². The number of nitrogens with zero attached hydrogens (tertiary/aromatic N) is 1. The maximum Gasteiger partial charge on any atom is 0.374 e. The fourth-order valence-electron chi connectivity index (χ4n) is 2.71. The highest BCUT2D eigenvalue weighted by Gasteiger charge is 2.26. The van der Waals surface area contributed by atoms with E-state index in [1.807, 2.05) is 13.0 Å². The van der Waals surface area contributed by atoms with Crippen LogP contribution in [0, 0.1) is 12.8 Å². The fourth-order valence-corrected chi connectivity index (χ4v) is 2.71. The Kier molecular flexibility index (Phi) is 4.83. The lowest BCUT2D eigenvalue weighted by Crippen LogP contribution is -2.36. The topological polar surface area (TPSA) is 62.9 Å². The van der Waals surface area contributed by atoms with Gasteiger partial charge in [-0.25, -0.2) is 4.79 Å². The molecule has 0 spiro atoms. The second-order valence-corrected chi connectivity index (χ2v) is 5.49. The molecule has 20 heavy (non-hydrogen) atoms. The Morgan fingerprint density at radius 1 is 1.55 bits per heavy atom. The van der Waals surface area contributed by atoms with Gasteiger partial charge in [0.05, 0.1) is 13.2 Å². The number of piperidine rings is 1. The molecule has 5 heteroatoms. The highest BCUT2D eigenvalue weighted by molar-refractivity contribution is 5.87. The molecule has 1 atom stereocenters. The minimum absolute atomic E-state index is 0.131. The minimum Gasteiger partial charge on any atom is -0.463 e. The normalized spacial score (nSPS) is 19.0. The lowest BCUT2D eigenvalue weighted by molar-refractivity contribution is 0.0552. The minimum atomic E-state index is -0.431. The van der Waals surface area contributed by atoms with Gasteiger partial charge in [0.25, 0.3) is 0 Å². The first-order chi connectivity index (χ1) is 9.56. The molecular formula is C15H23NO4. The summed E-state index contributed by atoms with van der Waals surface area (Å²) in [5.74, 6) is 1.08. The van der Waals surface area contributed by atoms with Crippen molar-refractivity contribution >= 4 is 5.97 Å². The zero-order valence-electron chi connectivity index (χ0n) is 12.4. The highest BCUT2D eigenvalue weighted by atomic mass is 16.5. The summed E-state index contributed by atoms with van der Waals surface area (Å²) in [6, 6.07) is 2.04. The summed E-state index contributed by atoms with van der Waals surface area (Å²) in [5.41, 5.74) is 0.809. The molecule has 2 rings (SSSR count). The SMILES string of the molecule is COC(=O)c1oc(C(C)N2CCC(CO)CC2)cc1C. The van der Waals surface area contributed by atoms with Crippen molar-refractivity contribution in [3.8, 4) is 0 Å². The summed E-state index contributed by atoms with van der Waals surface area (Å²) in [5, 5.41) is 9.17. The molecule has 0 bridgehead atoms. The molecule has 0 radical (unpaired) electrons. The van der Waals surface area contributed by atoms with E-state index in [2.05, 4.69) is 11.8 Å². The Hall–Kier alpha value is -1.33. The number of rotatable bonds is 4. The van der Waals surface area contributed by atoms with E-state index < -0.39 is 5.97 Å². The summed E-state index contributed by atoms with van der Waals surface area (Å²) in [6.45, 7) is 6.09. The number of aliphatic hydroxyl groups excluding tert-OH is 1. The first-order valence-electron chi connectivity index (χ1n) is 7.10. The van der Waals surface area contributed by atoms with Crippen LogP contribution in [-0.4, -0.2) is 42.8 Å². The standard InChI is InChI=1S/C15H23NO4/c1-10-8-13(20-14(10)15(18)19-3)11(2)16-6-4-12(9-17)5-7-16/h8,11-12,17H,4-7,9H2,1-3H3.